The predicted molar refractivity (Wildman–Crippen MR) is 98.9 cm³/mol. The van der Waals surface area contributed by atoms with Crippen molar-refractivity contribution in [3.05, 3.63) is 28.3 Å². The van der Waals surface area contributed by atoms with E-state index >= 15 is 0 Å². The summed E-state index contributed by atoms with van der Waals surface area (Å²) in [6.07, 6.45) is 2.32. The molecule has 1 atom stereocenters. The van der Waals surface area contributed by atoms with E-state index in [0.717, 1.165) is 30.4 Å². The van der Waals surface area contributed by atoms with Gasteiger partial charge in [-0.25, -0.2) is 4.79 Å². The number of H-pyrrole nitrogens is 1. The highest BCUT2D eigenvalue weighted by atomic mass is 32.2. The molecule has 0 bridgehead atoms. The number of ketones is 1. The highest BCUT2D eigenvalue weighted by Crippen LogP contribution is 2.40. The van der Waals surface area contributed by atoms with Crippen LogP contribution in [0.2, 0.25) is 0 Å². The Bertz CT molecular complexity index is 851. The molecule has 7 nitrogen and oxygen atoms in total. The van der Waals surface area contributed by atoms with Crippen molar-refractivity contribution in [1.82, 2.24) is 19.7 Å². The molecule has 140 valence electrons. The van der Waals surface area contributed by atoms with Gasteiger partial charge in [-0.1, -0.05) is 11.8 Å². The van der Waals surface area contributed by atoms with E-state index in [0.29, 0.717) is 28.4 Å². The van der Waals surface area contributed by atoms with Crippen LogP contribution in [0.1, 0.15) is 70.5 Å². The summed E-state index contributed by atoms with van der Waals surface area (Å²) in [5, 5.41) is 9.03. The molecule has 1 N–H and O–H groups in total. The van der Waals surface area contributed by atoms with Crippen molar-refractivity contribution in [2.45, 2.75) is 63.4 Å². The van der Waals surface area contributed by atoms with Gasteiger partial charge in [0.15, 0.2) is 10.9 Å². The molecule has 0 unspecified atom stereocenters. The highest BCUT2D eigenvalue weighted by Gasteiger charge is 2.31. The molecule has 3 rings (SSSR count). The minimum atomic E-state index is -0.435. The van der Waals surface area contributed by atoms with Crippen LogP contribution in [0.5, 0.6) is 0 Å². The summed E-state index contributed by atoms with van der Waals surface area (Å²) in [6, 6.07) is 0. The summed E-state index contributed by atoms with van der Waals surface area (Å²) >= 11 is 1.41. The lowest BCUT2D eigenvalue weighted by Crippen LogP contribution is -2.16. The molecule has 1 saturated carbocycles. The van der Waals surface area contributed by atoms with E-state index < -0.39 is 5.97 Å². The van der Waals surface area contributed by atoms with Crippen LogP contribution < -0.4 is 0 Å². The van der Waals surface area contributed by atoms with E-state index in [-0.39, 0.29) is 11.0 Å². The van der Waals surface area contributed by atoms with Gasteiger partial charge in [-0.3, -0.25) is 4.79 Å². The van der Waals surface area contributed by atoms with Crippen LogP contribution in [0.4, 0.5) is 0 Å². The number of ether oxygens (including phenoxy) is 1. The van der Waals surface area contributed by atoms with Crippen molar-refractivity contribution in [3.8, 4) is 0 Å². The molecular formula is C18H24N4O3S. The number of rotatable bonds is 7. The standard InChI is InChI=1S/C18H24N4O3S/c1-6-22-16(12-7-8-12)20-21-18(22)26-11(4)15(23)14-9(2)13(10(3)19-14)17(24)25-5/h11-12,19H,6-8H2,1-5H3/t11-/m0/s1. The maximum Gasteiger partial charge on any atom is 0.339 e. The first-order valence-corrected chi connectivity index (χ1v) is 9.68. The van der Waals surface area contributed by atoms with Gasteiger partial charge in [0.2, 0.25) is 0 Å². The van der Waals surface area contributed by atoms with E-state index in [9.17, 15) is 9.59 Å². The van der Waals surface area contributed by atoms with Crippen LogP contribution >= 0.6 is 11.8 Å². The highest BCUT2D eigenvalue weighted by molar-refractivity contribution is 8.00. The normalized spacial score (nSPS) is 15.1. The first-order valence-electron chi connectivity index (χ1n) is 8.80. The quantitative estimate of drug-likeness (QED) is 0.453. The van der Waals surface area contributed by atoms with Gasteiger partial charge in [-0.05, 0) is 46.1 Å². The number of carbonyl (C=O) groups excluding carboxylic acids is 2. The average Bonchev–Trinajstić information content (AvgIpc) is 3.32. The Labute approximate surface area is 156 Å². The minimum Gasteiger partial charge on any atom is -0.465 e. The van der Waals surface area contributed by atoms with Gasteiger partial charge in [-0.2, -0.15) is 0 Å². The first-order chi connectivity index (χ1) is 12.4. The number of aromatic nitrogens is 4. The molecular weight excluding hydrogens is 352 g/mol. The first kappa shape index (κ1) is 18.7. The third-order valence-electron chi connectivity index (χ3n) is 4.73. The molecule has 0 saturated heterocycles. The fourth-order valence-corrected chi connectivity index (χ4v) is 4.13. The maximum absolute atomic E-state index is 12.9. The fraction of sp³-hybridized carbons (Fsp3) is 0.556. The van der Waals surface area contributed by atoms with E-state index in [1.165, 1.54) is 18.9 Å². The number of thioether (sulfide) groups is 1. The van der Waals surface area contributed by atoms with Crippen molar-refractivity contribution in [3.63, 3.8) is 0 Å². The second-order valence-corrected chi connectivity index (χ2v) is 7.91. The van der Waals surface area contributed by atoms with Gasteiger partial charge in [0, 0.05) is 18.2 Å². The summed E-state index contributed by atoms with van der Waals surface area (Å²) in [7, 11) is 1.34. The Morgan fingerprint density at radius 3 is 2.62 bits per heavy atom. The third kappa shape index (κ3) is 3.30. The van der Waals surface area contributed by atoms with Gasteiger partial charge in [-0.15, -0.1) is 10.2 Å². The SMILES string of the molecule is CCn1c(S[C@@H](C)C(=O)c2[nH]c(C)c(C(=O)OC)c2C)nnc1C1CC1. The number of aromatic amines is 1. The number of Topliss-reactive ketones (excluding diaryl/α,β-unsaturated/α-hetero) is 1. The zero-order chi connectivity index (χ0) is 19.0. The van der Waals surface area contributed by atoms with E-state index in [1.807, 2.05) is 6.92 Å². The predicted octanol–water partition coefficient (Wildman–Crippen LogP) is 3.27. The molecule has 1 fully saturated rings. The Morgan fingerprint density at radius 2 is 2.04 bits per heavy atom. The number of nitrogens with zero attached hydrogens (tertiary/aromatic N) is 3. The van der Waals surface area contributed by atoms with Crippen LogP contribution in [-0.2, 0) is 11.3 Å². The molecule has 0 aromatic carbocycles. The van der Waals surface area contributed by atoms with Crippen molar-refractivity contribution in [2.24, 2.45) is 0 Å². The molecule has 2 aromatic rings. The number of esters is 1. The molecule has 2 heterocycles. The van der Waals surface area contributed by atoms with Crippen molar-refractivity contribution in [1.29, 1.82) is 0 Å². The molecule has 26 heavy (non-hydrogen) atoms. The van der Waals surface area contributed by atoms with Crippen LogP contribution in [-0.4, -0.2) is 43.9 Å². The van der Waals surface area contributed by atoms with E-state index in [2.05, 4.69) is 26.7 Å². The van der Waals surface area contributed by atoms with Gasteiger partial charge < -0.3 is 14.3 Å². The topological polar surface area (TPSA) is 89.9 Å². The van der Waals surface area contributed by atoms with Crippen molar-refractivity contribution < 1.29 is 14.3 Å². The lowest BCUT2D eigenvalue weighted by Gasteiger charge is -2.11. The van der Waals surface area contributed by atoms with E-state index in [4.69, 9.17) is 4.74 Å². The summed E-state index contributed by atoms with van der Waals surface area (Å²) in [5.41, 5.74) is 2.15. The average molecular weight is 376 g/mol. The number of aryl methyl sites for hydroxylation is 1. The minimum absolute atomic E-state index is 0.0654. The largest absolute Gasteiger partial charge is 0.465 e. The third-order valence-corrected chi connectivity index (χ3v) is 5.81. The zero-order valence-electron chi connectivity index (χ0n) is 15.8. The Kier molecular flexibility index (Phi) is 5.22. The molecule has 8 heteroatoms. The molecule has 2 aromatic heterocycles. The summed E-state index contributed by atoms with van der Waals surface area (Å²) in [4.78, 5) is 27.9. The second-order valence-electron chi connectivity index (χ2n) is 6.60. The summed E-state index contributed by atoms with van der Waals surface area (Å²) < 4.78 is 6.91. The number of methoxy groups -OCH3 is 1. The van der Waals surface area contributed by atoms with Crippen LogP contribution in [0.15, 0.2) is 5.16 Å². The van der Waals surface area contributed by atoms with Crippen molar-refractivity contribution >= 4 is 23.5 Å². The number of hydrogen-bond donors (Lipinski definition) is 1. The second kappa shape index (κ2) is 7.26. The van der Waals surface area contributed by atoms with Crippen LogP contribution in [0.25, 0.3) is 0 Å². The molecule has 0 radical (unpaired) electrons. The zero-order valence-corrected chi connectivity index (χ0v) is 16.6. The van der Waals surface area contributed by atoms with Gasteiger partial charge in [0.05, 0.1) is 23.6 Å². The van der Waals surface area contributed by atoms with Gasteiger partial charge >= 0.3 is 5.97 Å². The lowest BCUT2D eigenvalue weighted by atomic mass is 10.1. The van der Waals surface area contributed by atoms with Crippen molar-refractivity contribution in [2.75, 3.05) is 7.11 Å². The fourth-order valence-electron chi connectivity index (χ4n) is 3.15. The lowest BCUT2D eigenvalue weighted by molar-refractivity contribution is 0.0599. The number of carbonyl (C=O) groups is 2. The monoisotopic (exact) mass is 376 g/mol. The van der Waals surface area contributed by atoms with Crippen LogP contribution in [0, 0.1) is 13.8 Å². The summed E-state index contributed by atoms with van der Waals surface area (Å²) in [5.74, 6) is 1.04. The van der Waals surface area contributed by atoms with Crippen LogP contribution in [0.3, 0.4) is 0 Å². The Morgan fingerprint density at radius 1 is 1.35 bits per heavy atom. The Hall–Kier alpha value is -2.09. The number of nitrogens with one attached hydrogen (secondary N) is 1. The smallest absolute Gasteiger partial charge is 0.339 e. The molecule has 0 aliphatic heterocycles. The van der Waals surface area contributed by atoms with Gasteiger partial charge in [0.1, 0.15) is 5.82 Å². The molecule has 0 spiro atoms. The van der Waals surface area contributed by atoms with Gasteiger partial charge in [0.25, 0.3) is 0 Å². The van der Waals surface area contributed by atoms with E-state index in [1.54, 1.807) is 13.8 Å². The molecule has 0 amide bonds. The molecule has 1 aliphatic rings. The summed E-state index contributed by atoms with van der Waals surface area (Å²) in [6.45, 7) is 8.23. The maximum atomic E-state index is 12.9. The molecule has 1 aliphatic carbocycles. The number of hydrogen-bond acceptors (Lipinski definition) is 6. The Balaban J connectivity index is 1.82.